The first-order chi connectivity index (χ1) is 6.61. The highest BCUT2D eigenvalue weighted by molar-refractivity contribution is 7.80. The molecular weight excluding hydrogens is 200 g/mol. The zero-order valence-electron chi connectivity index (χ0n) is 8.58. The number of thiocarbonyl (C=S) groups is 1. The fourth-order valence-corrected chi connectivity index (χ4v) is 1.38. The van der Waals surface area contributed by atoms with E-state index in [0.717, 1.165) is 13.1 Å². The van der Waals surface area contributed by atoms with Crippen molar-refractivity contribution < 1.29 is 9.53 Å². The topological polar surface area (TPSA) is 41.6 Å². The Hall–Kier alpha value is -0.680. The summed E-state index contributed by atoms with van der Waals surface area (Å²) < 4.78 is 5.19. The van der Waals surface area contributed by atoms with Gasteiger partial charge in [0.25, 0.3) is 0 Å². The highest BCUT2D eigenvalue weighted by atomic mass is 32.1. The fraction of sp³-hybridized carbons (Fsp3) is 0.778. The SMILES string of the molecule is CC(C)C(=O)NC(=S)N1CCOCC1. The van der Waals surface area contributed by atoms with E-state index in [9.17, 15) is 4.79 Å². The lowest BCUT2D eigenvalue weighted by molar-refractivity contribution is -0.122. The molecule has 5 heteroatoms. The van der Waals surface area contributed by atoms with Gasteiger partial charge >= 0.3 is 0 Å². The van der Waals surface area contributed by atoms with Crippen LogP contribution in [0.2, 0.25) is 0 Å². The van der Waals surface area contributed by atoms with Gasteiger partial charge in [-0.15, -0.1) is 0 Å². The van der Waals surface area contributed by atoms with E-state index in [-0.39, 0.29) is 11.8 Å². The van der Waals surface area contributed by atoms with Crippen molar-refractivity contribution >= 4 is 23.2 Å². The lowest BCUT2D eigenvalue weighted by Crippen LogP contribution is -2.48. The standard InChI is InChI=1S/C9H16N2O2S/c1-7(2)8(12)10-9(14)11-3-5-13-6-4-11/h7H,3-6H2,1-2H3,(H,10,12,14). The van der Waals surface area contributed by atoms with Crippen LogP contribution in [0, 0.1) is 5.92 Å². The van der Waals surface area contributed by atoms with E-state index in [2.05, 4.69) is 5.32 Å². The molecule has 0 spiro atoms. The second kappa shape index (κ2) is 5.26. The number of morpholine rings is 1. The normalized spacial score (nSPS) is 16.9. The van der Waals surface area contributed by atoms with Gasteiger partial charge in [0, 0.05) is 19.0 Å². The first-order valence-electron chi connectivity index (χ1n) is 4.79. The smallest absolute Gasteiger partial charge is 0.228 e. The summed E-state index contributed by atoms with van der Waals surface area (Å²) in [6, 6.07) is 0. The molecule has 0 aromatic carbocycles. The van der Waals surface area contributed by atoms with Gasteiger partial charge in [-0.25, -0.2) is 0 Å². The molecule has 1 amide bonds. The van der Waals surface area contributed by atoms with Crippen molar-refractivity contribution in [2.24, 2.45) is 5.92 Å². The lowest BCUT2D eigenvalue weighted by Gasteiger charge is -2.29. The average molecular weight is 216 g/mol. The van der Waals surface area contributed by atoms with Crippen molar-refractivity contribution in [1.29, 1.82) is 0 Å². The van der Waals surface area contributed by atoms with Crippen molar-refractivity contribution in [1.82, 2.24) is 10.2 Å². The van der Waals surface area contributed by atoms with Crippen LogP contribution >= 0.6 is 12.2 Å². The molecule has 80 valence electrons. The quantitative estimate of drug-likeness (QED) is 0.643. The van der Waals surface area contributed by atoms with Gasteiger partial charge in [0.2, 0.25) is 5.91 Å². The zero-order chi connectivity index (χ0) is 10.6. The number of rotatable bonds is 1. The zero-order valence-corrected chi connectivity index (χ0v) is 9.39. The fourth-order valence-electron chi connectivity index (χ4n) is 1.10. The second-order valence-electron chi connectivity index (χ2n) is 3.55. The van der Waals surface area contributed by atoms with Crippen molar-refractivity contribution in [3.63, 3.8) is 0 Å². The number of carbonyl (C=O) groups excluding carboxylic acids is 1. The van der Waals surface area contributed by atoms with E-state index in [1.807, 2.05) is 18.7 Å². The third-order valence-corrected chi connectivity index (χ3v) is 2.41. The molecule has 0 bridgehead atoms. The Labute approximate surface area is 89.6 Å². The number of nitrogens with one attached hydrogen (secondary N) is 1. The summed E-state index contributed by atoms with van der Waals surface area (Å²) in [7, 11) is 0. The van der Waals surface area contributed by atoms with Gasteiger partial charge in [0.1, 0.15) is 0 Å². The number of ether oxygens (including phenoxy) is 1. The first kappa shape index (κ1) is 11.4. The summed E-state index contributed by atoms with van der Waals surface area (Å²) >= 11 is 5.11. The molecule has 0 saturated carbocycles. The van der Waals surface area contributed by atoms with E-state index < -0.39 is 0 Å². The summed E-state index contributed by atoms with van der Waals surface area (Å²) in [5.41, 5.74) is 0. The summed E-state index contributed by atoms with van der Waals surface area (Å²) in [5, 5.41) is 3.23. The number of carbonyl (C=O) groups is 1. The van der Waals surface area contributed by atoms with Crippen molar-refractivity contribution in [3.05, 3.63) is 0 Å². The Kier molecular flexibility index (Phi) is 4.28. The van der Waals surface area contributed by atoms with Gasteiger partial charge < -0.3 is 15.0 Å². The highest BCUT2D eigenvalue weighted by Gasteiger charge is 2.16. The minimum Gasteiger partial charge on any atom is -0.378 e. The van der Waals surface area contributed by atoms with Crippen LogP contribution in [0.25, 0.3) is 0 Å². The van der Waals surface area contributed by atoms with Gasteiger partial charge in [-0.3, -0.25) is 4.79 Å². The van der Waals surface area contributed by atoms with Crippen LogP contribution in [0.15, 0.2) is 0 Å². The number of hydrogen-bond acceptors (Lipinski definition) is 3. The van der Waals surface area contributed by atoms with E-state index in [0.29, 0.717) is 18.3 Å². The molecule has 4 nitrogen and oxygen atoms in total. The molecule has 1 saturated heterocycles. The molecule has 1 aliphatic rings. The van der Waals surface area contributed by atoms with Gasteiger partial charge in [-0.1, -0.05) is 13.8 Å². The molecular formula is C9H16N2O2S. The molecule has 14 heavy (non-hydrogen) atoms. The summed E-state index contributed by atoms with van der Waals surface area (Å²) in [4.78, 5) is 13.3. The van der Waals surface area contributed by atoms with E-state index in [1.165, 1.54) is 0 Å². The van der Waals surface area contributed by atoms with Gasteiger partial charge in [-0.05, 0) is 12.2 Å². The molecule has 0 aromatic rings. The maximum absolute atomic E-state index is 11.3. The summed E-state index contributed by atoms with van der Waals surface area (Å²) in [5.74, 6) is -0.0597. The van der Waals surface area contributed by atoms with E-state index in [1.54, 1.807) is 0 Å². The number of hydrogen-bond donors (Lipinski definition) is 1. The molecule has 1 rings (SSSR count). The minimum absolute atomic E-state index is 0.0264. The molecule has 1 fully saturated rings. The number of amides is 1. The van der Waals surface area contributed by atoms with Crippen LogP contribution in [0.3, 0.4) is 0 Å². The maximum Gasteiger partial charge on any atom is 0.228 e. The van der Waals surface area contributed by atoms with Crippen molar-refractivity contribution in [2.75, 3.05) is 26.3 Å². The minimum atomic E-state index is -0.0333. The molecule has 0 aliphatic carbocycles. The van der Waals surface area contributed by atoms with Crippen LogP contribution in [0.5, 0.6) is 0 Å². The Morgan fingerprint density at radius 2 is 2.00 bits per heavy atom. The largest absolute Gasteiger partial charge is 0.378 e. The Morgan fingerprint density at radius 1 is 1.43 bits per heavy atom. The van der Waals surface area contributed by atoms with E-state index in [4.69, 9.17) is 17.0 Å². The second-order valence-corrected chi connectivity index (χ2v) is 3.94. The van der Waals surface area contributed by atoms with Gasteiger partial charge in [-0.2, -0.15) is 0 Å². The predicted molar refractivity (Wildman–Crippen MR) is 58.0 cm³/mol. The molecule has 0 unspecified atom stereocenters. The first-order valence-corrected chi connectivity index (χ1v) is 5.19. The Bertz CT molecular complexity index is 225. The molecule has 1 aliphatic heterocycles. The third kappa shape index (κ3) is 3.23. The molecule has 0 atom stereocenters. The summed E-state index contributed by atoms with van der Waals surface area (Å²) in [6.07, 6.45) is 0. The predicted octanol–water partition coefficient (Wildman–Crippen LogP) is 0.376. The van der Waals surface area contributed by atoms with Crippen molar-refractivity contribution in [3.8, 4) is 0 Å². The average Bonchev–Trinajstić information content (AvgIpc) is 2.19. The van der Waals surface area contributed by atoms with Crippen molar-refractivity contribution in [2.45, 2.75) is 13.8 Å². The Balaban J connectivity index is 2.37. The molecule has 1 heterocycles. The lowest BCUT2D eigenvalue weighted by atomic mass is 10.2. The van der Waals surface area contributed by atoms with Gasteiger partial charge in [0.15, 0.2) is 5.11 Å². The summed E-state index contributed by atoms with van der Waals surface area (Å²) in [6.45, 7) is 6.57. The van der Waals surface area contributed by atoms with Crippen LogP contribution in [0.1, 0.15) is 13.8 Å². The third-order valence-electron chi connectivity index (χ3n) is 2.05. The molecule has 1 N–H and O–H groups in total. The van der Waals surface area contributed by atoms with Crippen LogP contribution in [-0.4, -0.2) is 42.2 Å². The Morgan fingerprint density at radius 3 is 2.50 bits per heavy atom. The number of nitrogens with zero attached hydrogens (tertiary/aromatic N) is 1. The monoisotopic (exact) mass is 216 g/mol. The van der Waals surface area contributed by atoms with E-state index >= 15 is 0 Å². The molecule has 0 aromatic heterocycles. The maximum atomic E-state index is 11.3. The highest BCUT2D eigenvalue weighted by Crippen LogP contribution is 1.99. The van der Waals surface area contributed by atoms with Crippen LogP contribution in [-0.2, 0) is 9.53 Å². The van der Waals surface area contributed by atoms with Crippen LogP contribution < -0.4 is 5.32 Å². The van der Waals surface area contributed by atoms with Gasteiger partial charge in [0.05, 0.1) is 13.2 Å². The molecule has 0 radical (unpaired) electrons. The van der Waals surface area contributed by atoms with Crippen LogP contribution in [0.4, 0.5) is 0 Å².